The summed E-state index contributed by atoms with van der Waals surface area (Å²) in [6.45, 7) is 0.454. The van der Waals surface area contributed by atoms with Crippen molar-refractivity contribution >= 4 is 17.7 Å². The van der Waals surface area contributed by atoms with E-state index in [0.29, 0.717) is 13.0 Å². The fraction of sp³-hybridized carbons (Fsp3) is 0.625. The summed E-state index contributed by atoms with van der Waals surface area (Å²) in [6.07, 6.45) is 6.75. The molecule has 1 atom stereocenters. The second-order valence-corrected chi connectivity index (χ2v) is 6.40. The molecule has 0 aromatic carbocycles. The SMILES string of the molecule is O=C(NC1CCCCC1)[C@H]1CCCN1C(=O)c1ccc([N+](=O)[O-])o1. The van der Waals surface area contributed by atoms with Gasteiger partial charge >= 0.3 is 5.88 Å². The van der Waals surface area contributed by atoms with Crippen LogP contribution < -0.4 is 5.32 Å². The summed E-state index contributed by atoms with van der Waals surface area (Å²) < 4.78 is 4.98. The second-order valence-electron chi connectivity index (χ2n) is 6.40. The van der Waals surface area contributed by atoms with Crippen LogP contribution in [0.5, 0.6) is 0 Å². The third kappa shape index (κ3) is 3.42. The Kier molecular flexibility index (Phi) is 4.82. The molecule has 2 fully saturated rings. The molecule has 0 radical (unpaired) electrons. The van der Waals surface area contributed by atoms with E-state index >= 15 is 0 Å². The monoisotopic (exact) mass is 335 g/mol. The fourth-order valence-corrected chi connectivity index (χ4v) is 3.51. The van der Waals surface area contributed by atoms with Crippen molar-refractivity contribution in [1.82, 2.24) is 10.2 Å². The standard InChI is InChI=1S/C16H21N3O5/c20-15(17-11-5-2-1-3-6-11)12-7-4-10-18(12)16(21)13-8-9-14(24-13)19(22)23/h8-9,11-12H,1-7,10H2,(H,17,20)/t12-/m1/s1. The van der Waals surface area contributed by atoms with Crippen LogP contribution in [0.15, 0.2) is 16.5 Å². The Labute approximate surface area is 139 Å². The number of nitrogens with zero attached hydrogens (tertiary/aromatic N) is 2. The van der Waals surface area contributed by atoms with Crippen LogP contribution in [0.2, 0.25) is 0 Å². The summed E-state index contributed by atoms with van der Waals surface area (Å²) in [5, 5.41) is 13.7. The normalized spacial score (nSPS) is 21.7. The third-order valence-corrected chi connectivity index (χ3v) is 4.75. The minimum Gasteiger partial charge on any atom is -0.395 e. The Hall–Kier alpha value is -2.38. The number of carbonyl (C=O) groups is 2. The number of furan rings is 1. The molecule has 2 heterocycles. The quantitative estimate of drug-likeness (QED) is 0.671. The highest BCUT2D eigenvalue weighted by Gasteiger charge is 2.37. The molecule has 2 amide bonds. The number of nitrogens with one attached hydrogen (secondary N) is 1. The van der Waals surface area contributed by atoms with Crippen LogP contribution in [0.25, 0.3) is 0 Å². The summed E-state index contributed by atoms with van der Waals surface area (Å²) >= 11 is 0. The van der Waals surface area contributed by atoms with Crippen LogP contribution in [0, 0.1) is 10.1 Å². The van der Waals surface area contributed by atoms with Gasteiger partial charge in [-0.2, -0.15) is 0 Å². The van der Waals surface area contributed by atoms with Gasteiger partial charge in [-0.3, -0.25) is 19.7 Å². The molecule has 1 saturated heterocycles. The Morgan fingerprint density at radius 1 is 1.17 bits per heavy atom. The smallest absolute Gasteiger partial charge is 0.395 e. The molecule has 0 bridgehead atoms. The zero-order valence-corrected chi connectivity index (χ0v) is 13.4. The largest absolute Gasteiger partial charge is 0.433 e. The van der Waals surface area contributed by atoms with E-state index in [1.807, 2.05) is 0 Å². The lowest BCUT2D eigenvalue weighted by molar-refractivity contribution is -0.402. The lowest BCUT2D eigenvalue weighted by atomic mass is 9.95. The van der Waals surface area contributed by atoms with Gasteiger partial charge in [0, 0.05) is 12.6 Å². The minimum absolute atomic E-state index is 0.0981. The van der Waals surface area contributed by atoms with Gasteiger partial charge in [0.15, 0.2) is 5.76 Å². The van der Waals surface area contributed by atoms with E-state index in [9.17, 15) is 19.7 Å². The average Bonchev–Trinajstić information content (AvgIpc) is 3.25. The van der Waals surface area contributed by atoms with Crippen molar-refractivity contribution in [3.8, 4) is 0 Å². The zero-order valence-electron chi connectivity index (χ0n) is 13.4. The zero-order chi connectivity index (χ0) is 17.1. The van der Waals surface area contributed by atoms with Gasteiger partial charge in [-0.25, -0.2) is 0 Å². The molecule has 1 aliphatic heterocycles. The molecule has 3 rings (SSSR count). The molecular formula is C16H21N3O5. The van der Waals surface area contributed by atoms with Gasteiger partial charge in [-0.1, -0.05) is 19.3 Å². The van der Waals surface area contributed by atoms with Crippen molar-refractivity contribution in [2.75, 3.05) is 6.54 Å². The molecule has 2 aliphatic rings. The molecule has 1 N–H and O–H groups in total. The first-order chi connectivity index (χ1) is 11.6. The summed E-state index contributed by atoms with van der Waals surface area (Å²) in [4.78, 5) is 36.5. The molecule has 1 saturated carbocycles. The highest BCUT2D eigenvalue weighted by atomic mass is 16.6. The van der Waals surface area contributed by atoms with Gasteiger partial charge in [0.2, 0.25) is 5.91 Å². The van der Waals surface area contributed by atoms with Crippen LogP contribution in [-0.2, 0) is 4.79 Å². The maximum atomic E-state index is 12.5. The van der Waals surface area contributed by atoms with Gasteiger partial charge in [0.1, 0.15) is 11.0 Å². The molecule has 8 heteroatoms. The van der Waals surface area contributed by atoms with Crippen LogP contribution in [-0.4, -0.2) is 40.3 Å². The Bertz CT molecular complexity index is 635. The lowest BCUT2D eigenvalue weighted by Gasteiger charge is -2.27. The van der Waals surface area contributed by atoms with Gasteiger partial charge in [0.25, 0.3) is 5.91 Å². The molecule has 0 unspecified atom stereocenters. The summed E-state index contributed by atoms with van der Waals surface area (Å²) in [5.41, 5.74) is 0. The minimum atomic E-state index is -0.686. The molecular weight excluding hydrogens is 314 g/mol. The van der Waals surface area contributed by atoms with E-state index in [1.165, 1.54) is 17.4 Å². The predicted octanol–water partition coefficient (Wildman–Crippen LogP) is 2.24. The number of hydrogen-bond acceptors (Lipinski definition) is 5. The Morgan fingerprint density at radius 3 is 2.58 bits per heavy atom. The first-order valence-corrected chi connectivity index (χ1v) is 8.42. The average molecular weight is 335 g/mol. The molecule has 0 spiro atoms. The molecule has 24 heavy (non-hydrogen) atoms. The van der Waals surface area contributed by atoms with Crippen LogP contribution in [0.3, 0.4) is 0 Å². The van der Waals surface area contributed by atoms with Crippen molar-refractivity contribution in [1.29, 1.82) is 0 Å². The first-order valence-electron chi connectivity index (χ1n) is 8.42. The second kappa shape index (κ2) is 7.02. The number of nitro groups is 1. The number of carbonyl (C=O) groups excluding carboxylic acids is 2. The van der Waals surface area contributed by atoms with Gasteiger partial charge in [-0.05, 0) is 31.7 Å². The number of likely N-dealkylation sites (tertiary alicyclic amines) is 1. The van der Waals surface area contributed by atoms with Gasteiger partial charge in [-0.15, -0.1) is 0 Å². The number of amides is 2. The highest BCUT2D eigenvalue weighted by molar-refractivity contribution is 5.96. The molecule has 1 aliphatic carbocycles. The van der Waals surface area contributed by atoms with Crippen molar-refractivity contribution in [3.05, 3.63) is 28.0 Å². The predicted molar refractivity (Wildman–Crippen MR) is 84.4 cm³/mol. The molecule has 8 nitrogen and oxygen atoms in total. The molecule has 1 aromatic rings. The lowest BCUT2D eigenvalue weighted by Crippen LogP contribution is -2.49. The van der Waals surface area contributed by atoms with E-state index in [-0.39, 0.29) is 17.7 Å². The van der Waals surface area contributed by atoms with E-state index in [1.54, 1.807) is 0 Å². The van der Waals surface area contributed by atoms with E-state index in [2.05, 4.69) is 5.32 Å². The third-order valence-electron chi connectivity index (χ3n) is 4.75. The van der Waals surface area contributed by atoms with Gasteiger partial charge < -0.3 is 14.6 Å². The molecule has 1 aromatic heterocycles. The van der Waals surface area contributed by atoms with Crippen molar-refractivity contribution < 1.29 is 18.9 Å². The highest BCUT2D eigenvalue weighted by Crippen LogP contribution is 2.24. The first kappa shape index (κ1) is 16.5. The van der Waals surface area contributed by atoms with Crippen molar-refractivity contribution in [3.63, 3.8) is 0 Å². The van der Waals surface area contributed by atoms with Crippen molar-refractivity contribution in [2.24, 2.45) is 0 Å². The topological polar surface area (TPSA) is 106 Å². The maximum absolute atomic E-state index is 12.5. The van der Waals surface area contributed by atoms with E-state index < -0.39 is 22.8 Å². The number of rotatable bonds is 4. The van der Waals surface area contributed by atoms with Crippen molar-refractivity contribution in [2.45, 2.75) is 57.0 Å². The summed E-state index contributed by atoms with van der Waals surface area (Å²) in [7, 11) is 0. The van der Waals surface area contributed by atoms with Crippen LogP contribution >= 0.6 is 0 Å². The van der Waals surface area contributed by atoms with E-state index in [0.717, 1.165) is 38.2 Å². The Morgan fingerprint density at radius 2 is 1.92 bits per heavy atom. The molecule has 130 valence electrons. The summed E-state index contributed by atoms with van der Waals surface area (Å²) in [5.74, 6) is -1.17. The fourth-order valence-electron chi connectivity index (χ4n) is 3.51. The van der Waals surface area contributed by atoms with Crippen LogP contribution in [0.1, 0.15) is 55.5 Å². The maximum Gasteiger partial charge on any atom is 0.433 e. The summed E-state index contributed by atoms with van der Waals surface area (Å²) in [6, 6.07) is 2.10. The van der Waals surface area contributed by atoms with Gasteiger partial charge in [0.05, 0.1) is 6.07 Å². The van der Waals surface area contributed by atoms with E-state index in [4.69, 9.17) is 4.42 Å². The van der Waals surface area contributed by atoms with Crippen LogP contribution in [0.4, 0.5) is 5.88 Å². The Balaban J connectivity index is 1.66. The number of hydrogen-bond donors (Lipinski definition) is 1.